The molecule has 1 saturated carbocycles. The number of halogens is 2. The van der Waals surface area contributed by atoms with E-state index < -0.39 is 4.33 Å². The van der Waals surface area contributed by atoms with Gasteiger partial charge in [0.15, 0.2) is 17.3 Å². The van der Waals surface area contributed by atoms with Gasteiger partial charge in [0.05, 0.1) is 11.3 Å². The van der Waals surface area contributed by atoms with Gasteiger partial charge in [-0.25, -0.2) is 0 Å². The zero-order valence-corrected chi connectivity index (χ0v) is 18.5. The van der Waals surface area contributed by atoms with Crippen molar-refractivity contribution in [3.05, 3.63) is 89.0 Å². The molecule has 1 aliphatic heterocycles. The Morgan fingerprint density at radius 1 is 0.875 bits per heavy atom. The minimum Gasteiger partial charge on any atom is -0.486 e. The Kier molecular flexibility index (Phi) is 5.31. The lowest BCUT2D eigenvalue weighted by molar-refractivity contribution is 0.102. The molecule has 162 valence electrons. The number of benzene rings is 3. The van der Waals surface area contributed by atoms with Crippen LogP contribution >= 0.6 is 23.2 Å². The molecule has 0 bridgehead atoms. The third-order valence-corrected chi connectivity index (χ3v) is 6.45. The molecule has 1 aliphatic carbocycles. The lowest BCUT2D eigenvalue weighted by atomic mass is 10.00. The number of hydrogen-bond donors (Lipinski definition) is 1. The molecular formula is C25H19Cl2NO4. The Hall–Kier alpha value is -3.02. The maximum absolute atomic E-state index is 13.2. The molecule has 1 heterocycles. The molecule has 1 N–H and O–H groups in total. The van der Waals surface area contributed by atoms with E-state index in [0.717, 1.165) is 5.56 Å². The van der Waals surface area contributed by atoms with Gasteiger partial charge < -0.3 is 14.8 Å². The Balaban J connectivity index is 1.44. The predicted octanol–water partition coefficient (Wildman–Crippen LogP) is 5.60. The molecule has 0 aromatic heterocycles. The van der Waals surface area contributed by atoms with Crippen molar-refractivity contribution in [1.29, 1.82) is 0 Å². The molecule has 7 heteroatoms. The largest absolute Gasteiger partial charge is 0.486 e. The first kappa shape index (κ1) is 20.9. The van der Waals surface area contributed by atoms with Gasteiger partial charge in [-0.1, -0.05) is 42.5 Å². The normalized spacial score (nSPS) is 18.0. The molecule has 5 nitrogen and oxygen atoms in total. The second-order valence-corrected chi connectivity index (χ2v) is 9.37. The van der Waals surface area contributed by atoms with Gasteiger partial charge >= 0.3 is 0 Å². The monoisotopic (exact) mass is 467 g/mol. The average Bonchev–Trinajstić information content (AvgIpc) is 3.46. The predicted molar refractivity (Wildman–Crippen MR) is 123 cm³/mol. The van der Waals surface area contributed by atoms with Crippen LogP contribution in [0.15, 0.2) is 66.7 Å². The molecule has 3 aromatic carbocycles. The SMILES string of the molecule is O=C(Nc1cc2c(cc1C(=O)c1ccccc1)OCCO2)c1ccc([C@H]2CC2(Cl)Cl)cc1. The summed E-state index contributed by atoms with van der Waals surface area (Å²) in [5.74, 6) is 0.487. The fraction of sp³-hybridized carbons (Fsp3) is 0.200. The Bertz CT molecular complexity index is 1190. The molecule has 0 unspecified atom stereocenters. The molecule has 1 atom stereocenters. The Morgan fingerprint density at radius 3 is 2.12 bits per heavy atom. The fourth-order valence-electron chi connectivity index (χ4n) is 3.76. The van der Waals surface area contributed by atoms with E-state index in [1.165, 1.54) is 0 Å². The highest BCUT2D eigenvalue weighted by Gasteiger charge is 2.52. The molecule has 0 radical (unpaired) electrons. The highest BCUT2D eigenvalue weighted by molar-refractivity contribution is 6.51. The van der Waals surface area contributed by atoms with E-state index in [1.54, 1.807) is 48.5 Å². The van der Waals surface area contributed by atoms with Crippen molar-refractivity contribution in [2.45, 2.75) is 16.7 Å². The van der Waals surface area contributed by atoms with Gasteiger partial charge in [-0.05, 0) is 30.2 Å². The summed E-state index contributed by atoms with van der Waals surface area (Å²) in [6.07, 6.45) is 0.698. The van der Waals surface area contributed by atoms with Crippen molar-refractivity contribution in [3.63, 3.8) is 0 Å². The van der Waals surface area contributed by atoms with Crippen LogP contribution in [0.3, 0.4) is 0 Å². The van der Waals surface area contributed by atoms with Gasteiger partial charge in [-0.3, -0.25) is 9.59 Å². The van der Waals surface area contributed by atoms with E-state index in [4.69, 9.17) is 32.7 Å². The van der Waals surface area contributed by atoms with Gasteiger partial charge in [0, 0.05) is 23.1 Å². The fourth-order valence-corrected chi connectivity index (χ4v) is 4.32. The van der Waals surface area contributed by atoms with E-state index in [2.05, 4.69) is 5.32 Å². The number of anilines is 1. The molecule has 2 aliphatic rings. The van der Waals surface area contributed by atoms with E-state index in [9.17, 15) is 9.59 Å². The van der Waals surface area contributed by atoms with Crippen LogP contribution in [-0.4, -0.2) is 29.2 Å². The van der Waals surface area contributed by atoms with Crippen molar-refractivity contribution in [2.24, 2.45) is 0 Å². The van der Waals surface area contributed by atoms with Crippen LogP contribution in [-0.2, 0) is 0 Å². The van der Waals surface area contributed by atoms with Gasteiger partial charge in [0.1, 0.15) is 17.5 Å². The number of hydrogen-bond acceptors (Lipinski definition) is 4. The highest BCUT2D eigenvalue weighted by atomic mass is 35.5. The molecular weight excluding hydrogens is 449 g/mol. The first-order chi connectivity index (χ1) is 15.4. The van der Waals surface area contributed by atoms with Crippen LogP contribution in [0.25, 0.3) is 0 Å². The number of rotatable bonds is 5. The van der Waals surface area contributed by atoms with Gasteiger partial charge in [-0.2, -0.15) is 0 Å². The maximum Gasteiger partial charge on any atom is 0.255 e. The molecule has 1 fully saturated rings. The minimum atomic E-state index is -0.721. The zero-order valence-electron chi connectivity index (χ0n) is 16.9. The lowest BCUT2D eigenvalue weighted by Crippen LogP contribution is -2.19. The molecule has 5 rings (SSSR count). The summed E-state index contributed by atoms with van der Waals surface area (Å²) >= 11 is 12.3. The summed E-state index contributed by atoms with van der Waals surface area (Å²) in [6, 6.07) is 19.3. The van der Waals surface area contributed by atoms with Gasteiger partial charge in [0.2, 0.25) is 0 Å². The average molecular weight is 468 g/mol. The second kappa shape index (κ2) is 8.15. The van der Waals surface area contributed by atoms with E-state index in [0.29, 0.717) is 53.5 Å². The number of fused-ring (bicyclic) bond motifs is 1. The number of carbonyl (C=O) groups excluding carboxylic acids is 2. The first-order valence-electron chi connectivity index (χ1n) is 10.2. The van der Waals surface area contributed by atoms with Crippen LogP contribution in [0.5, 0.6) is 11.5 Å². The third kappa shape index (κ3) is 4.06. The van der Waals surface area contributed by atoms with Crippen LogP contribution in [0.2, 0.25) is 0 Å². The summed E-state index contributed by atoms with van der Waals surface area (Å²) in [5.41, 5.74) is 2.65. The van der Waals surface area contributed by atoms with Crippen molar-refractivity contribution in [2.75, 3.05) is 18.5 Å². The van der Waals surface area contributed by atoms with Crippen LogP contribution < -0.4 is 14.8 Å². The molecule has 32 heavy (non-hydrogen) atoms. The smallest absolute Gasteiger partial charge is 0.255 e. The summed E-state index contributed by atoms with van der Waals surface area (Å²) in [7, 11) is 0. The Morgan fingerprint density at radius 2 is 1.50 bits per heavy atom. The third-order valence-electron chi connectivity index (χ3n) is 5.61. The maximum atomic E-state index is 13.2. The minimum absolute atomic E-state index is 0.0795. The van der Waals surface area contributed by atoms with E-state index in [1.807, 2.05) is 18.2 Å². The van der Waals surface area contributed by atoms with Crippen molar-refractivity contribution < 1.29 is 19.1 Å². The van der Waals surface area contributed by atoms with Crippen LogP contribution in [0.1, 0.15) is 44.2 Å². The second-order valence-electron chi connectivity index (χ2n) is 7.83. The first-order valence-corrected chi connectivity index (χ1v) is 11.0. The van der Waals surface area contributed by atoms with Gasteiger partial charge in [-0.15, -0.1) is 23.2 Å². The number of nitrogens with one attached hydrogen (secondary N) is 1. The van der Waals surface area contributed by atoms with E-state index >= 15 is 0 Å². The number of carbonyl (C=O) groups is 2. The topological polar surface area (TPSA) is 64.6 Å². The van der Waals surface area contributed by atoms with Crippen LogP contribution in [0, 0.1) is 0 Å². The van der Waals surface area contributed by atoms with Gasteiger partial charge in [0.25, 0.3) is 5.91 Å². The number of ketones is 1. The summed E-state index contributed by atoms with van der Waals surface area (Å²) < 4.78 is 10.6. The van der Waals surface area contributed by atoms with Crippen molar-refractivity contribution in [3.8, 4) is 11.5 Å². The molecule has 3 aromatic rings. The van der Waals surface area contributed by atoms with Crippen molar-refractivity contribution >= 4 is 40.6 Å². The highest BCUT2D eigenvalue weighted by Crippen LogP contribution is 2.59. The summed E-state index contributed by atoms with van der Waals surface area (Å²) in [5, 5.41) is 2.86. The number of ether oxygens (including phenoxy) is 2. The molecule has 0 saturated heterocycles. The summed E-state index contributed by atoms with van der Waals surface area (Å²) in [4.78, 5) is 26.2. The van der Waals surface area contributed by atoms with Crippen LogP contribution in [0.4, 0.5) is 5.69 Å². The number of amides is 1. The van der Waals surface area contributed by atoms with Crippen molar-refractivity contribution in [1.82, 2.24) is 0 Å². The lowest BCUT2D eigenvalue weighted by Gasteiger charge is -2.21. The zero-order chi connectivity index (χ0) is 22.3. The molecule has 1 amide bonds. The number of alkyl halides is 2. The molecule has 0 spiro atoms. The standard InChI is InChI=1S/C25H19Cl2NO4/c26-25(27)14-19(25)15-6-8-17(9-7-15)24(30)28-20-13-22-21(31-10-11-32-22)12-18(20)23(29)16-4-2-1-3-5-16/h1-9,12-13,19H,10-11,14H2,(H,28,30)/t19-/m1/s1. The van der Waals surface area contributed by atoms with E-state index in [-0.39, 0.29) is 17.6 Å². The summed E-state index contributed by atoms with van der Waals surface area (Å²) in [6.45, 7) is 0.800. The quantitative estimate of drug-likeness (QED) is 0.391. The Labute approximate surface area is 195 Å².